The van der Waals surface area contributed by atoms with Gasteiger partial charge in [0.1, 0.15) is 5.58 Å². The Morgan fingerprint density at radius 2 is 1.66 bits per heavy atom. The van der Waals surface area contributed by atoms with E-state index in [1.807, 2.05) is 67.6 Å². The lowest BCUT2D eigenvalue weighted by Gasteiger charge is -2.08. The fourth-order valence-electron chi connectivity index (χ4n) is 3.19. The molecule has 29 heavy (non-hydrogen) atoms. The number of rotatable bonds is 6. The highest BCUT2D eigenvalue weighted by molar-refractivity contribution is 6.12. The minimum atomic E-state index is -0.374. The molecule has 5 heteroatoms. The van der Waals surface area contributed by atoms with Crippen LogP contribution in [-0.4, -0.2) is 18.2 Å². The molecule has 1 aromatic heterocycles. The number of benzene rings is 3. The average Bonchev–Trinajstić information content (AvgIpc) is 3.11. The van der Waals surface area contributed by atoms with Gasteiger partial charge in [-0.1, -0.05) is 54.6 Å². The molecule has 2 N–H and O–H groups in total. The van der Waals surface area contributed by atoms with Crippen molar-refractivity contribution in [1.29, 1.82) is 0 Å². The Bertz CT molecular complexity index is 1180. The quantitative estimate of drug-likeness (QED) is 0.443. The molecule has 0 aliphatic carbocycles. The number of para-hydroxylation sites is 1. The van der Waals surface area contributed by atoms with E-state index >= 15 is 0 Å². The molecule has 0 radical (unpaired) electrons. The van der Waals surface area contributed by atoms with Crippen LogP contribution in [0.5, 0.6) is 0 Å². The minimum absolute atomic E-state index is 0.0538. The zero-order valence-electron chi connectivity index (χ0n) is 15.9. The third kappa shape index (κ3) is 4.04. The summed E-state index contributed by atoms with van der Waals surface area (Å²) in [6.45, 7) is 2.01. The van der Waals surface area contributed by atoms with Gasteiger partial charge in [-0.25, -0.2) is 0 Å². The van der Waals surface area contributed by atoms with Gasteiger partial charge in [0.2, 0.25) is 5.76 Å². The Morgan fingerprint density at radius 3 is 2.45 bits per heavy atom. The number of ketones is 1. The summed E-state index contributed by atoms with van der Waals surface area (Å²) in [5, 5.41) is 6.72. The highest BCUT2D eigenvalue weighted by Crippen LogP contribution is 2.31. The van der Waals surface area contributed by atoms with Crippen LogP contribution in [0.2, 0.25) is 0 Å². The first-order valence-corrected chi connectivity index (χ1v) is 9.33. The largest absolute Gasteiger partial charge is 0.449 e. The SMILES string of the molecule is Cc1cccc(NC(=O)c2oc3ccccc3c2NCC(=O)c2ccccc2)c1. The molecular formula is C24H20N2O3. The normalized spacial score (nSPS) is 10.7. The van der Waals surface area contributed by atoms with E-state index in [0.29, 0.717) is 22.5 Å². The molecule has 0 aliphatic heterocycles. The van der Waals surface area contributed by atoms with Gasteiger partial charge in [-0.05, 0) is 36.8 Å². The molecule has 3 aromatic carbocycles. The van der Waals surface area contributed by atoms with Gasteiger partial charge < -0.3 is 15.1 Å². The zero-order valence-corrected chi connectivity index (χ0v) is 15.9. The van der Waals surface area contributed by atoms with Gasteiger partial charge in [0.25, 0.3) is 5.91 Å². The summed E-state index contributed by atoms with van der Waals surface area (Å²) in [6.07, 6.45) is 0. The molecule has 0 aliphatic rings. The number of Topliss-reactive ketones (excluding diaryl/α,β-unsaturated/α-hetero) is 1. The van der Waals surface area contributed by atoms with Crippen molar-refractivity contribution in [2.24, 2.45) is 0 Å². The van der Waals surface area contributed by atoms with Gasteiger partial charge in [0, 0.05) is 16.6 Å². The summed E-state index contributed by atoms with van der Waals surface area (Å²) in [5.41, 5.74) is 3.42. The maximum Gasteiger partial charge on any atom is 0.293 e. The number of carbonyl (C=O) groups excluding carboxylic acids is 2. The molecule has 0 saturated heterocycles. The van der Waals surface area contributed by atoms with Crippen molar-refractivity contribution in [3.8, 4) is 0 Å². The number of amides is 1. The topological polar surface area (TPSA) is 71.3 Å². The van der Waals surface area contributed by atoms with E-state index in [1.165, 1.54) is 0 Å². The Kier molecular flexibility index (Phi) is 5.12. The molecule has 1 amide bonds. The number of furan rings is 1. The van der Waals surface area contributed by atoms with Gasteiger partial charge in [0.15, 0.2) is 5.78 Å². The van der Waals surface area contributed by atoms with Gasteiger partial charge in [0.05, 0.1) is 12.2 Å². The number of carbonyl (C=O) groups is 2. The summed E-state index contributed by atoms with van der Waals surface area (Å²) < 4.78 is 5.82. The molecule has 4 aromatic rings. The maximum atomic E-state index is 12.9. The standard InChI is InChI=1S/C24H20N2O3/c1-16-8-7-11-18(14-16)26-24(28)23-22(19-12-5-6-13-21(19)29-23)25-15-20(27)17-9-3-2-4-10-17/h2-14,25H,15H2,1H3,(H,26,28). The van der Waals surface area contributed by atoms with E-state index in [-0.39, 0.29) is 24.0 Å². The molecule has 5 nitrogen and oxygen atoms in total. The number of hydrogen-bond acceptors (Lipinski definition) is 4. The third-order valence-corrected chi connectivity index (χ3v) is 4.60. The first kappa shape index (κ1) is 18.5. The van der Waals surface area contributed by atoms with E-state index in [4.69, 9.17) is 4.42 Å². The second-order valence-electron chi connectivity index (χ2n) is 6.77. The first-order valence-electron chi connectivity index (χ1n) is 9.33. The second kappa shape index (κ2) is 8.02. The molecule has 0 spiro atoms. The Labute approximate surface area is 168 Å². The second-order valence-corrected chi connectivity index (χ2v) is 6.77. The van der Waals surface area contributed by atoms with Crippen LogP contribution >= 0.6 is 0 Å². The smallest absolute Gasteiger partial charge is 0.293 e. The van der Waals surface area contributed by atoms with Crippen LogP contribution in [0.25, 0.3) is 11.0 Å². The lowest BCUT2D eigenvalue weighted by atomic mass is 10.1. The minimum Gasteiger partial charge on any atom is -0.449 e. The number of anilines is 2. The molecule has 4 rings (SSSR count). The van der Waals surface area contributed by atoms with Crippen LogP contribution in [0.15, 0.2) is 83.3 Å². The van der Waals surface area contributed by atoms with E-state index in [2.05, 4.69) is 10.6 Å². The van der Waals surface area contributed by atoms with Crippen molar-refractivity contribution >= 4 is 34.0 Å². The van der Waals surface area contributed by atoms with Crippen molar-refractivity contribution in [3.63, 3.8) is 0 Å². The van der Waals surface area contributed by atoms with E-state index in [1.54, 1.807) is 18.2 Å². The Balaban J connectivity index is 1.62. The summed E-state index contributed by atoms with van der Waals surface area (Å²) in [5.74, 6) is -0.295. The summed E-state index contributed by atoms with van der Waals surface area (Å²) in [4.78, 5) is 25.4. The number of aryl methyl sites for hydroxylation is 1. The highest BCUT2D eigenvalue weighted by Gasteiger charge is 2.21. The molecule has 0 fully saturated rings. The van der Waals surface area contributed by atoms with Gasteiger partial charge >= 0.3 is 0 Å². The van der Waals surface area contributed by atoms with E-state index < -0.39 is 0 Å². The monoisotopic (exact) mass is 384 g/mol. The van der Waals surface area contributed by atoms with E-state index in [0.717, 1.165) is 10.9 Å². The third-order valence-electron chi connectivity index (χ3n) is 4.60. The molecule has 0 saturated carbocycles. The highest BCUT2D eigenvalue weighted by atomic mass is 16.3. The molecule has 0 unspecified atom stereocenters. The zero-order chi connectivity index (χ0) is 20.2. The fourth-order valence-corrected chi connectivity index (χ4v) is 3.19. The van der Waals surface area contributed by atoms with Gasteiger partial charge in [-0.15, -0.1) is 0 Å². The first-order chi connectivity index (χ1) is 14.1. The lowest BCUT2D eigenvalue weighted by molar-refractivity contribution is 0.0991. The predicted octanol–water partition coefficient (Wildman–Crippen LogP) is 5.29. The van der Waals surface area contributed by atoms with E-state index in [9.17, 15) is 9.59 Å². The number of nitrogens with one attached hydrogen (secondary N) is 2. The fraction of sp³-hybridized carbons (Fsp3) is 0.0833. The van der Waals surface area contributed by atoms with Crippen molar-refractivity contribution in [2.45, 2.75) is 6.92 Å². The van der Waals surface area contributed by atoms with Crippen LogP contribution in [0, 0.1) is 6.92 Å². The van der Waals surface area contributed by atoms with Crippen molar-refractivity contribution < 1.29 is 14.0 Å². The predicted molar refractivity (Wildman–Crippen MR) is 115 cm³/mol. The molecule has 0 bridgehead atoms. The maximum absolute atomic E-state index is 12.9. The van der Waals surface area contributed by atoms with Gasteiger partial charge in [-0.3, -0.25) is 9.59 Å². The van der Waals surface area contributed by atoms with Crippen LogP contribution < -0.4 is 10.6 Å². The Morgan fingerprint density at radius 1 is 0.897 bits per heavy atom. The van der Waals surface area contributed by atoms with Crippen molar-refractivity contribution in [1.82, 2.24) is 0 Å². The van der Waals surface area contributed by atoms with Crippen molar-refractivity contribution in [2.75, 3.05) is 17.2 Å². The van der Waals surface area contributed by atoms with Crippen LogP contribution in [0.1, 0.15) is 26.5 Å². The molecular weight excluding hydrogens is 364 g/mol. The number of fused-ring (bicyclic) bond motifs is 1. The van der Waals surface area contributed by atoms with Crippen LogP contribution in [0.3, 0.4) is 0 Å². The molecule has 1 heterocycles. The van der Waals surface area contributed by atoms with Crippen LogP contribution in [-0.2, 0) is 0 Å². The number of hydrogen-bond donors (Lipinski definition) is 2. The average molecular weight is 384 g/mol. The molecule has 0 atom stereocenters. The lowest BCUT2D eigenvalue weighted by Crippen LogP contribution is -2.17. The Hall–Kier alpha value is -3.86. The van der Waals surface area contributed by atoms with Crippen LogP contribution in [0.4, 0.5) is 11.4 Å². The molecule has 144 valence electrons. The van der Waals surface area contributed by atoms with Gasteiger partial charge in [-0.2, -0.15) is 0 Å². The van der Waals surface area contributed by atoms with Crippen molar-refractivity contribution in [3.05, 3.63) is 95.7 Å². The summed E-state index contributed by atoms with van der Waals surface area (Å²) in [7, 11) is 0. The summed E-state index contributed by atoms with van der Waals surface area (Å²) >= 11 is 0. The summed E-state index contributed by atoms with van der Waals surface area (Å²) in [6, 6.07) is 23.9.